The van der Waals surface area contributed by atoms with Gasteiger partial charge in [-0.1, -0.05) is 16.4 Å². The van der Waals surface area contributed by atoms with Crippen LogP contribution in [0.2, 0.25) is 0 Å². The summed E-state index contributed by atoms with van der Waals surface area (Å²) < 4.78 is 61.6. The van der Waals surface area contributed by atoms with Gasteiger partial charge in [0.05, 0.1) is 11.9 Å². The Kier molecular flexibility index (Phi) is 3.94. The molecule has 0 amide bonds. The fourth-order valence-electron chi connectivity index (χ4n) is 2.42. The molecule has 0 aliphatic heterocycles. The van der Waals surface area contributed by atoms with Crippen molar-refractivity contribution in [3.8, 4) is 17.3 Å². The molecule has 0 bridgehead atoms. The third kappa shape index (κ3) is 3.05. The predicted octanol–water partition coefficient (Wildman–Crippen LogP) is 3.74. The Balaban J connectivity index is 1.72. The van der Waals surface area contributed by atoms with Gasteiger partial charge >= 0.3 is 5.92 Å². The zero-order valence-corrected chi connectivity index (χ0v) is 13.4. The van der Waals surface area contributed by atoms with Crippen molar-refractivity contribution in [3.05, 3.63) is 77.8 Å². The molecule has 0 aliphatic carbocycles. The lowest BCUT2D eigenvalue weighted by Crippen LogP contribution is -2.17. The van der Waals surface area contributed by atoms with Crippen LogP contribution in [0.4, 0.5) is 17.6 Å². The molecule has 2 heterocycles. The summed E-state index contributed by atoms with van der Waals surface area (Å²) in [6.45, 7) is 0. The van der Waals surface area contributed by atoms with Crippen LogP contribution in [0, 0.1) is 11.6 Å². The van der Waals surface area contributed by atoms with Gasteiger partial charge in [-0.25, -0.2) is 13.5 Å². The Morgan fingerprint density at radius 3 is 2.48 bits per heavy atom. The molecule has 0 unspecified atom stereocenters. The van der Waals surface area contributed by atoms with Crippen LogP contribution in [0.5, 0.6) is 0 Å². The van der Waals surface area contributed by atoms with Crippen molar-refractivity contribution in [1.82, 2.24) is 25.1 Å². The van der Waals surface area contributed by atoms with Crippen LogP contribution >= 0.6 is 0 Å². The van der Waals surface area contributed by atoms with Gasteiger partial charge < -0.3 is 4.52 Å². The first kappa shape index (κ1) is 16.9. The highest BCUT2D eigenvalue weighted by Crippen LogP contribution is 2.35. The molecular formula is C17H9F4N5O. The van der Waals surface area contributed by atoms with E-state index in [0.29, 0.717) is 5.69 Å². The van der Waals surface area contributed by atoms with Crippen molar-refractivity contribution in [2.75, 3.05) is 0 Å². The van der Waals surface area contributed by atoms with Gasteiger partial charge in [-0.05, 0) is 42.5 Å². The molecule has 0 atom stereocenters. The Morgan fingerprint density at radius 1 is 0.963 bits per heavy atom. The number of rotatable bonds is 4. The van der Waals surface area contributed by atoms with Crippen molar-refractivity contribution in [2.45, 2.75) is 5.92 Å². The molecular weight excluding hydrogens is 366 g/mol. The molecule has 0 radical (unpaired) electrons. The van der Waals surface area contributed by atoms with Crippen LogP contribution in [-0.2, 0) is 5.92 Å². The fraction of sp³-hybridized carbons (Fsp3) is 0.0588. The second kappa shape index (κ2) is 6.31. The largest absolute Gasteiger partial charge is 0.335 e. The van der Waals surface area contributed by atoms with Crippen LogP contribution in [0.1, 0.15) is 11.4 Å². The monoisotopic (exact) mass is 375 g/mol. The van der Waals surface area contributed by atoms with Crippen molar-refractivity contribution in [2.24, 2.45) is 0 Å². The number of halogens is 4. The van der Waals surface area contributed by atoms with Crippen molar-refractivity contribution < 1.29 is 22.1 Å². The maximum Gasteiger partial charge on any atom is 0.335 e. The molecule has 0 spiro atoms. The minimum Gasteiger partial charge on any atom is -0.332 e. The zero-order valence-electron chi connectivity index (χ0n) is 13.4. The van der Waals surface area contributed by atoms with Crippen LogP contribution < -0.4 is 0 Å². The Labute approximate surface area is 149 Å². The molecule has 136 valence electrons. The summed E-state index contributed by atoms with van der Waals surface area (Å²) in [5.74, 6) is -5.94. The average Bonchev–Trinajstić information content (AvgIpc) is 3.31. The molecule has 0 saturated heterocycles. The normalized spacial score (nSPS) is 11.7. The number of hydrogen-bond donors (Lipinski definition) is 0. The SMILES string of the molecule is Fc1ccc(C(F)(F)c2noc(-c3cnnn3-c3cccc(F)c3)n2)cc1. The molecule has 10 heteroatoms. The molecule has 27 heavy (non-hydrogen) atoms. The number of alkyl halides is 2. The average molecular weight is 375 g/mol. The number of aromatic nitrogens is 5. The van der Waals surface area contributed by atoms with Gasteiger partial charge in [0.2, 0.25) is 5.82 Å². The van der Waals surface area contributed by atoms with E-state index >= 15 is 0 Å². The Morgan fingerprint density at radius 2 is 1.74 bits per heavy atom. The smallest absolute Gasteiger partial charge is 0.332 e. The van der Waals surface area contributed by atoms with Gasteiger partial charge in [0.15, 0.2) is 5.69 Å². The van der Waals surface area contributed by atoms with Gasteiger partial charge in [-0.15, -0.1) is 5.10 Å². The second-order valence-electron chi connectivity index (χ2n) is 5.52. The minimum atomic E-state index is -3.60. The lowest BCUT2D eigenvalue weighted by Gasteiger charge is -2.11. The van der Waals surface area contributed by atoms with Gasteiger partial charge in [0.1, 0.15) is 11.6 Å². The first-order valence-corrected chi connectivity index (χ1v) is 7.60. The van der Waals surface area contributed by atoms with Crippen molar-refractivity contribution in [3.63, 3.8) is 0 Å². The van der Waals surface area contributed by atoms with Crippen LogP contribution in [0.25, 0.3) is 17.3 Å². The van der Waals surface area contributed by atoms with Gasteiger partial charge in [-0.2, -0.15) is 13.8 Å². The van der Waals surface area contributed by atoms with Crippen LogP contribution in [0.3, 0.4) is 0 Å². The first-order valence-electron chi connectivity index (χ1n) is 7.60. The van der Waals surface area contributed by atoms with E-state index in [1.165, 1.54) is 29.1 Å². The number of hydrogen-bond acceptors (Lipinski definition) is 5. The van der Waals surface area contributed by atoms with Crippen LogP contribution in [0.15, 0.2) is 59.3 Å². The second-order valence-corrected chi connectivity index (χ2v) is 5.52. The first-order chi connectivity index (χ1) is 12.9. The van der Waals surface area contributed by atoms with E-state index in [1.54, 1.807) is 6.07 Å². The summed E-state index contributed by atoms with van der Waals surface area (Å²) in [4.78, 5) is 3.72. The van der Waals surface area contributed by atoms with Gasteiger partial charge in [0.25, 0.3) is 5.89 Å². The standard InChI is InChI=1S/C17H9F4N5O/c18-11-6-4-10(5-7-11)17(20,21)16-23-15(27-24-16)14-9-22-25-26(14)13-3-1-2-12(19)8-13/h1-9H. The minimum absolute atomic E-state index is 0.106. The third-order valence-electron chi connectivity index (χ3n) is 3.73. The predicted molar refractivity (Wildman–Crippen MR) is 84.0 cm³/mol. The van der Waals surface area contributed by atoms with E-state index in [-0.39, 0.29) is 11.6 Å². The highest BCUT2D eigenvalue weighted by Gasteiger charge is 2.40. The quantitative estimate of drug-likeness (QED) is 0.509. The summed E-state index contributed by atoms with van der Waals surface area (Å²) >= 11 is 0. The summed E-state index contributed by atoms with van der Waals surface area (Å²) in [5, 5.41) is 10.8. The topological polar surface area (TPSA) is 69.6 Å². The molecule has 2 aromatic carbocycles. The Bertz CT molecular complexity index is 1090. The van der Waals surface area contributed by atoms with Crippen molar-refractivity contribution >= 4 is 0 Å². The number of nitrogens with zero attached hydrogens (tertiary/aromatic N) is 5. The van der Waals surface area contributed by atoms with Gasteiger partial charge in [0, 0.05) is 5.56 Å². The maximum atomic E-state index is 14.6. The Hall–Kier alpha value is -3.56. The molecule has 0 saturated carbocycles. The summed E-state index contributed by atoms with van der Waals surface area (Å²) in [5.41, 5.74) is -0.0881. The lowest BCUT2D eigenvalue weighted by atomic mass is 10.1. The third-order valence-corrected chi connectivity index (χ3v) is 3.73. The zero-order chi connectivity index (χ0) is 19.0. The van der Waals surface area contributed by atoms with Crippen molar-refractivity contribution in [1.29, 1.82) is 0 Å². The fourth-order valence-corrected chi connectivity index (χ4v) is 2.42. The van der Waals surface area contributed by atoms with Gasteiger partial charge in [-0.3, -0.25) is 0 Å². The van der Waals surface area contributed by atoms with E-state index in [4.69, 9.17) is 4.52 Å². The molecule has 0 aliphatic rings. The summed E-state index contributed by atoms with van der Waals surface area (Å²) in [6, 6.07) is 9.12. The maximum absolute atomic E-state index is 14.6. The lowest BCUT2D eigenvalue weighted by molar-refractivity contribution is 0.0304. The van der Waals surface area contributed by atoms with Crippen LogP contribution in [-0.4, -0.2) is 25.1 Å². The molecule has 2 aromatic heterocycles. The summed E-state index contributed by atoms with van der Waals surface area (Å²) in [7, 11) is 0. The van der Waals surface area contributed by atoms with E-state index in [0.717, 1.165) is 24.3 Å². The van der Waals surface area contributed by atoms with E-state index < -0.39 is 28.9 Å². The van der Waals surface area contributed by atoms with E-state index in [1.807, 2.05) is 0 Å². The summed E-state index contributed by atoms with van der Waals surface area (Å²) in [6.07, 6.45) is 1.22. The van der Waals surface area contributed by atoms with E-state index in [9.17, 15) is 17.6 Å². The molecule has 6 nitrogen and oxygen atoms in total. The highest BCUT2D eigenvalue weighted by molar-refractivity contribution is 5.50. The van der Waals surface area contributed by atoms with E-state index in [2.05, 4.69) is 20.5 Å². The molecule has 4 aromatic rings. The molecule has 4 rings (SSSR count). The highest BCUT2D eigenvalue weighted by atomic mass is 19.3. The molecule has 0 N–H and O–H groups in total. The molecule has 0 fully saturated rings. The number of benzene rings is 2.